The number of nitrogens with two attached hydrogens (primary N) is 1. The number of furan rings is 1. The molecular formula is C9H12FNO. The summed E-state index contributed by atoms with van der Waals surface area (Å²) in [6.45, 7) is 0.0190. The predicted octanol–water partition coefficient (Wildman–Crippen LogP) is 1.81. The second-order valence-corrected chi connectivity index (χ2v) is 3.32. The molecule has 1 aromatic heterocycles. The van der Waals surface area contributed by atoms with Crippen LogP contribution in [0.5, 0.6) is 0 Å². The van der Waals surface area contributed by atoms with Gasteiger partial charge in [-0.05, 0) is 25.0 Å². The Hall–Kier alpha value is -0.830. The first-order chi connectivity index (χ1) is 5.77. The van der Waals surface area contributed by atoms with E-state index in [2.05, 4.69) is 0 Å². The molecular weight excluding hydrogens is 157 g/mol. The van der Waals surface area contributed by atoms with Crippen molar-refractivity contribution in [3.63, 3.8) is 0 Å². The minimum Gasteiger partial charge on any atom is -0.466 e. The van der Waals surface area contributed by atoms with Gasteiger partial charge in [0.25, 0.3) is 0 Å². The molecule has 2 rings (SSSR count). The second-order valence-electron chi connectivity index (χ2n) is 3.32. The molecule has 1 heterocycles. The maximum absolute atomic E-state index is 14.1. The number of hydrogen-bond donors (Lipinski definition) is 1. The zero-order valence-electron chi connectivity index (χ0n) is 6.79. The Morgan fingerprint density at radius 1 is 1.67 bits per heavy atom. The minimum atomic E-state index is -1.41. The maximum Gasteiger partial charge on any atom is 0.182 e. The molecule has 0 aliphatic heterocycles. The van der Waals surface area contributed by atoms with Crippen LogP contribution in [0.15, 0.2) is 22.8 Å². The molecule has 1 aromatic rings. The van der Waals surface area contributed by atoms with E-state index >= 15 is 0 Å². The summed E-state index contributed by atoms with van der Waals surface area (Å²) in [5.41, 5.74) is 3.99. The summed E-state index contributed by atoms with van der Waals surface area (Å²) in [6.07, 6.45) is 3.34. The van der Waals surface area contributed by atoms with Crippen molar-refractivity contribution in [3.05, 3.63) is 24.2 Å². The van der Waals surface area contributed by atoms with Gasteiger partial charge in [-0.3, -0.25) is 0 Å². The standard InChI is InChI=1S/C9H12FNO/c10-9(6-11,7-3-4-7)8-2-1-5-12-8/h1-2,5,7H,3-4,6,11H2. The van der Waals surface area contributed by atoms with E-state index in [9.17, 15) is 4.39 Å². The Labute approximate surface area is 70.6 Å². The third kappa shape index (κ3) is 1.05. The van der Waals surface area contributed by atoms with Crippen LogP contribution in [0, 0.1) is 5.92 Å². The van der Waals surface area contributed by atoms with Gasteiger partial charge in [-0.1, -0.05) is 0 Å². The van der Waals surface area contributed by atoms with Crippen LogP contribution in [-0.2, 0) is 5.67 Å². The van der Waals surface area contributed by atoms with Gasteiger partial charge in [0.05, 0.1) is 6.26 Å². The first-order valence-corrected chi connectivity index (χ1v) is 4.20. The first kappa shape index (κ1) is 7.80. The number of halogens is 1. The van der Waals surface area contributed by atoms with Gasteiger partial charge >= 0.3 is 0 Å². The van der Waals surface area contributed by atoms with Gasteiger partial charge in [0.2, 0.25) is 0 Å². The third-order valence-electron chi connectivity index (χ3n) is 2.45. The summed E-state index contributed by atoms with van der Waals surface area (Å²) < 4.78 is 19.1. The largest absolute Gasteiger partial charge is 0.466 e. The summed E-state index contributed by atoms with van der Waals surface area (Å²) in [6, 6.07) is 3.35. The normalized spacial score (nSPS) is 22.2. The van der Waals surface area contributed by atoms with Gasteiger partial charge in [0.1, 0.15) is 5.76 Å². The molecule has 2 N–H and O–H groups in total. The molecule has 3 heteroatoms. The zero-order chi connectivity index (χ0) is 8.60. The van der Waals surface area contributed by atoms with Gasteiger partial charge in [-0.25, -0.2) is 4.39 Å². The van der Waals surface area contributed by atoms with E-state index < -0.39 is 5.67 Å². The molecule has 66 valence electrons. The molecule has 1 fully saturated rings. The van der Waals surface area contributed by atoms with Crippen LogP contribution in [0.4, 0.5) is 4.39 Å². The van der Waals surface area contributed by atoms with E-state index in [1.807, 2.05) is 0 Å². The second kappa shape index (κ2) is 2.59. The van der Waals surface area contributed by atoms with Crippen molar-refractivity contribution in [1.29, 1.82) is 0 Å². The van der Waals surface area contributed by atoms with Crippen LogP contribution in [0.2, 0.25) is 0 Å². The Morgan fingerprint density at radius 2 is 2.42 bits per heavy atom. The van der Waals surface area contributed by atoms with Crippen molar-refractivity contribution in [3.8, 4) is 0 Å². The third-order valence-corrected chi connectivity index (χ3v) is 2.45. The zero-order valence-corrected chi connectivity index (χ0v) is 6.79. The lowest BCUT2D eigenvalue weighted by atomic mass is 9.97. The molecule has 2 nitrogen and oxygen atoms in total. The summed E-state index contributed by atoms with van der Waals surface area (Å²) in [4.78, 5) is 0. The summed E-state index contributed by atoms with van der Waals surface area (Å²) >= 11 is 0. The van der Waals surface area contributed by atoms with Crippen molar-refractivity contribution in [1.82, 2.24) is 0 Å². The molecule has 1 unspecified atom stereocenters. The molecule has 1 aliphatic rings. The van der Waals surface area contributed by atoms with Crippen molar-refractivity contribution in [2.45, 2.75) is 18.5 Å². The smallest absolute Gasteiger partial charge is 0.182 e. The van der Waals surface area contributed by atoms with Crippen LogP contribution >= 0.6 is 0 Å². The monoisotopic (exact) mass is 169 g/mol. The van der Waals surface area contributed by atoms with Crippen LogP contribution in [0.3, 0.4) is 0 Å². The van der Waals surface area contributed by atoms with Gasteiger partial charge in [-0.2, -0.15) is 0 Å². The predicted molar refractivity (Wildman–Crippen MR) is 43.3 cm³/mol. The average molecular weight is 169 g/mol. The molecule has 12 heavy (non-hydrogen) atoms. The van der Waals surface area contributed by atoms with Crippen molar-refractivity contribution >= 4 is 0 Å². The van der Waals surface area contributed by atoms with E-state index in [0.29, 0.717) is 5.76 Å². The Bertz CT molecular complexity index is 256. The van der Waals surface area contributed by atoms with E-state index in [4.69, 9.17) is 10.2 Å². The lowest BCUT2D eigenvalue weighted by Gasteiger charge is -2.20. The highest BCUT2D eigenvalue weighted by Gasteiger charge is 2.48. The van der Waals surface area contributed by atoms with Crippen LogP contribution in [0.1, 0.15) is 18.6 Å². The highest BCUT2D eigenvalue weighted by atomic mass is 19.1. The number of rotatable bonds is 3. The molecule has 0 amide bonds. The topological polar surface area (TPSA) is 39.2 Å². The minimum absolute atomic E-state index is 0.0190. The molecule has 1 atom stereocenters. The Morgan fingerprint density at radius 3 is 2.83 bits per heavy atom. The van der Waals surface area contributed by atoms with Gasteiger partial charge in [0, 0.05) is 12.5 Å². The van der Waals surface area contributed by atoms with Crippen molar-refractivity contribution < 1.29 is 8.81 Å². The molecule has 1 aliphatic carbocycles. The highest BCUT2D eigenvalue weighted by molar-refractivity contribution is 5.14. The average Bonchev–Trinajstić information content (AvgIpc) is 2.80. The van der Waals surface area contributed by atoms with E-state index in [1.54, 1.807) is 12.1 Å². The number of hydrogen-bond acceptors (Lipinski definition) is 2. The lowest BCUT2D eigenvalue weighted by Crippen LogP contribution is -2.32. The molecule has 0 spiro atoms. The quantitative estimate of drug-likeness (QED) is 0.749. The van der Waals surface area contributed by atoms with E-state index in [1.165, 1.54) is 6.26 Å². The van der Waals surface area contributed by atoms with E-state index in [-0.39, 0.29) is 12.5 Å². The summed E-state index contributed by atoms with van der Waals surface area (Å²) in [7, 11) is 0. The van der Waals surface area contributed by atoms with Crippen LogP contribution < -0.4 is 5.73 Å². The number of alkyl halides is 1. The fourth-order valence-electron chi connectivity index (χ4n) is 1.52. The van der Waals surface area contributed by atoms with Gasteiger partial charge in [-0.15, -0.1) is 0 Å². The first-order valence-electron chi connectivity index (χ1n) is 4.20. The molecule has 0 saturated heterocycles. The lowest BCUT2D eigenvalue weighted by molar-refractivity contribution is 0.110. The Balaban J connectivity index is 2.27. The van der Waals surface area contributed by atoms with Gasteiger partial charge < -0.3 is 10.2 Å². The summed E-state index contributed by atoms with van der Waals surface area (Å²) in [5.74, 6) is 0.459. The van der Waals surface area contributed by atoms with Gasteiger partial charge in [0.15, 0.2) is 5.67 Å². The SMILES string of the molecule is NCC(F)(c1ccco1)C1CC1. The van der Waals surface area contributed by atoms with E-state index in [0.717, 1.165) is 12.8 Å². The summed E-state index contributed by atoms with van der Waals surface area (Å²) in [5, 5.41) is 0. The fraction of sp³-hybridized carbons (Fsp3) is 0.556. The van der Waals surface area contributed by atoms with Crippen molar-refractivity contribution in [2.75, 3.05) is 6.54 Å². The molecule has 1 saturated carbocycles. The van der Waals surface area contributed by atoms with Crippen molar-refractivity contribution in [2.24, 2.45) is 11.7 Å². The van der Waals surface area contributed by atoms with Crippen LogP contribution in [-0.4, -0.2) is 6.54 Å². The molecule has 0 bridgehead atoms. The molecule has 0 aromatic carbocycles. The Kier molecular flexibility index (Phi) is 1.68. The maximum atomic E-state index is 14.1. The highest BCUT2D eigenvalue weighted by Crippen LogP contribution is 2.47. The molecule has 0 radical (unpaired) electrons. The fourth-order valence-corrected chi connectivity index (χ4v) is 1.52. The van der Waals surface area contributed by atoms with Crippen LogP contribution in [0.25, 0.3) is 0 Å².